The minimum Gasteiger partial charge on any atom is -0.326 e. The lowest BCUT2D eigenvalue weighted by atomic mass is 10.0. The van der Waals surface area contributed by atoms with E-state index < -0.39 is 39.5 Å². The number of nitrogens with zero attached hydrogens (tertiary/aromatic N) is 3. The summed E-state index contributed by atoms with van der Waals surface area (Å²) in [6, 6.07) is 21.6. The van der Waals surface area contributed by atoms with Crippen LogP contribution >= 0.6 is 0 Å². The van der Waals surface area contributed by atoms with Crippen molar-refractivity contribution < 1.29 is 35.2 Å². The van der Waals surface area contributed by atoms with E-state index in [9.17, 15) is 35.2 Å². The lowest BCUT2D eigenvalue weighted by Crippen LogP contribution is -2.29. The van der Waals surface area contributed by atoms with Crippen LogP contribution in [0.3, 0.4) is 0 Å². The Morgan fingerprint density at radius 3 is 2.26 bits per heavy atom. The number of benzene rings is 4. The SMILES string of the molecule is O=C1CN(c2ccc(Cn3cc(-c4ccc(F)cc4F)nc3/C=C/c3ccc(-c4cccc(C(F)(F)F)c4)cc3)cc2)S(=O)(=O)N1. The van der Waals surface area contributed by atoms with Crippen molar-refractivity contribution in [3.63, 3.8) is 0 Å². The van der Waals surface area contributed by atoms with E-state index >= 15 is 0 Å². The van der Waals surface area contributed by atoms with E-state index in [-0.39, 0.29) is 24.3 Å². The maximum absolute atomic E-state index is 14.7. The van der Waals surface area contributed by atoms with Crippen LogP contribution in [0.1, 0.15) is 22.5 Å². The van der Waals surface area contributed by atoms with Gasteiger partial charge < -0.3 is 4.57 Å². The molecule has 7 nitrogen and oxygen atoms in total. The lowest BCUT2D eigenvalue weighted by Gasteiger charge is -2.15. The summed E-state index contributed by atoms with van der Waals surface area (Å²) in [6.45, 7) is -0.0835. The fourth-order valence-electron chi connectivity index (χ4n) is 4.99. The van der Waals surface area contributed by atoms with Crippen molar-refractivity contribution in [1.29, 1.82) is 0 Å². The normalized spacial score (nSPS) is 14.6. The number of halogens is 5. The molecule has 13 heteroatoms. The molecule has 1 aliphatic rings. The molecule has 5 aromatic rings. The number of imidazole rings is 1. The van der Waals surface area contributed by atoms with Gasteiger partial charge in [0.15, 0.2) is 0 Å². The Labute approximate surface area is 260 Å². The highest BCUT2D eigenvalue weighted by Crippen LogP contribution is 2.32. The molecule has 1 amide bonds. The van der Waals surface area contributed by atoms with Crippen molar-refractivity contribution in [2.75, 3.05) is 10.8 Å². The van der Waals surface area contributed by atoms with E-state index in [0.29, 0.717) is 22.6 Å². The molecule has 1 saturated heterocycles. The third-order valence-electron chi connectivity index (χ3n) is 7.27. The van der Waals surface area contributed by atoms with Crippen molar-refractivity contribution in [3.05, 3.63) is 131 Å². The zero-order valence-electron chi connectivity index (χ0n) is 23.7. The van der Waals surface area contributed by atoms with Crippen LogP contribution in [-0.2, 0) is 27.7 Å². The zero-order valence-corrected chi connectivity index (χ0v) is 24.5. The van der Waals surface area contributed by atoms with Gasteiger partial charge in [-0.1, -0.05) is 54.6 Å². The first-order chi connectivity index (χ1) is 21.9. The summed E-state index contributed by atoms with van der Waals surface area (Å²) in [5.41, 5.74) is 2.38. The van der Waals surface area contributed by atoms with Gasteiger partial charge in [0, 0.05) is 24.4 Å². The standard InChI is InChI=1S/C33H23F5N4O3S/c34-26-11-14-28(29(35)17-26)30-19-41(18-22-6-12-27(13-7-22)42-20-32(43)40-46(42,44)45)31(39-30)15-8-21-4-9-23(10-5-21)24-2-1-3-25(16-24)33(36,37)38/h1-17,19H,18,20H2,(H,40,43)/b15-8+. The second-order valence-corrected chi connectivity index (χ2v) is 12.1. The van der Waals surface area contributed by atoms with Gasteiger partial charge in [-0.25, -0.2) is 22.8 Å². The van der Waals surface area contributed by atoms with Gasteiger partial charge in [-0.3, -0.25) is 4.79 Å². The fraction of sp³-hybridized carbons (Fsp3) is 0.0909. The van der Waals surface area contributed by atoms with Crippen LogP contribution in [0.2, 0.25) is 0 Å². The van der Waals surface area contributed by atoms with Crippen LogP contribution in [0.5, 0.6) is 0 Å². The smallest absolute Gasteiger partial charge is 0.326 e. The molecule has 1 aromatic heterocycles. The molecule has 6 rings (SSSR count). The Kier molecular flexibility index (Phi) is 7.94. The molecule has 4 aromatic carbocycles. The van der Waals surface area contributed by atoms with Gasteiger partial charge in [-0.15, -0.1) is 0 Å². The molecule has 234 valence electrons. The third kappa shape index (κ3) is 6.54. The Morgan fingerprint density at radius 1 is 0.870 bits per heavy atom. The number of hydrogen-bond donors (Lipinski definition) is 1. The Balaban J connectivity index is 1.28. The molecule has 0 radical (unpaired) electrons. The quantitative estimate of drug-likeness (QED) is 0.194. The summed E-state index contributed by atoms with van der Waals surface area (Å²) in [6.07, 6.45) is 0.580. The van der Waals surface area contributed by atoms with Gasteiger partial charge in [0.25, 0.3) is 5.91 Å². The number of alkyl halides is 3. The predicted molar refractivity (Wildman–Crippen MR) is 163 cm³/mol. The van der Waals surface area contributed by atoms with E-state index in [1.807, 2.05) is 4.72 Å². The molecule has 1 N–H and O–H groups in total. The van der Waals surface area contributed by atoms with Crippen molar-refractivity contribution in [2.24, 2.45) is 0 Å². The second-order valence-electron chi connectivity index (χ2n) is 10.5. The summed E-state index contributed by atoms with van der Waals surface area (Å²) in [5.74, 6) is -1.73. The summed E-state index contributed by atoms with van der Waals surface area (Å²) >= 11 is 0. The maximum atomic E-state index is 14.7. The molecule has 0 atom stereocenters. The van der Waals surface area contributed by atoms with Crippen molar-refractivity contribution in [2.45, 2.75) is 12.7 Å². The summed E-state index contributed by atoms with van der Waals surface area (Å²) in [7, 11) is -3.96. The monoisotopic (exact) mass is 650 g/mol. The van der Waals surface area contributed by atoms with Crippen LogP contribution in [0.15, 0.2) is 97.2 Å². The zero-order chi connectivity index (χ0) is 32.6. The van der Waals surface area contributed by atoms with Gasteiger partial charge in [0.05, 0.1) is 16.9 Å². The van der Waals surface area contributed by atoms with Crippen LogP contribution in [-0.4, -0.2) is 30.4 Å². The highest BCUT2D eigenvalue weighted by molar-refractivity contribution is 7.92. The van der Waals surface area contributed by atoms with Gasteiger partial charge in [-0.2, -0.15) is 21.6 Å². The van der Waals surface area contributed by atoms with Crippen molar-refractivity contribution in [3.8, 4) is 22.4 Å². The summed E-state index contributed by atoms with van der Waals surface area (Å²) in [5, 5.41) is 0. The molecule has 1 aliphatic heterocycles. The van der Waals surface area contributed by atoms with E-state index in [1.165, 1.54) is 12.1 Å². The number of hydrogen-bond acceptors (Lipinski definition) is 4. The fourth-order valence-corrected chi connectivity index (χ4v) is 6.14. The van der Waals surface area contributed by atoms with E-state index in [1.54, 1.807) is 77.5 Å². The summed E-state index contributed by atoms with van der Waals surface area (Å²) < 4.78 is 96.7. The molecule has 46 heavy (non-hydrogen) atoms. The topological polar surface area (TPSA) is 84.3 Å². The van der Waals surface area contributed by atoms with E-state index in [0.717, 1.165) is 39.7 Å². The molecule has 0 aliphatic carbocycles. The van der Waals surface area contributed by atoms with E-state index in [4.69, 9.17) is 0 Å². The number of carbonyl (C=O) groups excluding carboxylic acids is 1. The van der Waals surface area contributed by atoms with Crippen LogP contribution in [0.25, 0.3) is 34.5 Å². The Bertz CT molecular complexity index is 2070. The largest absolute Gasteiger partial charge is 0.416 e. The van der Waals surface area contributed by atoms with Crippen molar-refractivity contribution in [1.82, 2.24) is 14.3 Å². The molecular formula is C33H23F5N4O3S. The number of anilines is 1. The number of aromatic nitrogens is 2. The Morgan fingerprint density at radius 2 is 1.61 bits per heavy atom. The van der Waals surface area contributed by atoms with Crippen molar-refractivity contribution >= 4 is 34.0 Å². The number of amides is 1. The number of nitrogens with one attached hydrogen (secondary N) is 1. The molecule has 0 unspecified atom stereocenters. The predicted octanol–water partition coefficient (Wildman–Crippen LogP) is 6.91. The molecule has 0 spiro atoms. The molecule has 1 fully saturated rings. The molecule has 0 saturated carbocycles. The molecular weight excluding hydrogens is 627 g/mol. The van der Waals surface area contributed by atoms with Gasteiger partial charge in [-0.05, 0) is 64.7 Å². The highest BCUT2D eigenvalue weighted by Gasteiger charge is 2.34. The van der Waals surface area contributed by atoms with Gasteiger partial charge in [0.2, 0.25) is 0 Å². The van der Waals surface area contributed by atoms with Crippen LogP contribution in [0, 0.1) is 11.6 Å². The first-order valence-electron chi connectivity index (χ1n) is 13.8. The molecule has 2 heterocycles. The van der Waals surface area contributed by atoms with Gasteiger partial charge in [0.1, 0.15) is 24.0 Å². The average Bonchev–Trinajstić information content (AvgIpc) is 3.54. The van der Waals surface area contributed by atoms with E-state index in [2.05, 4.69) is 4.98 Å². The Hall–Kier alpha value is -5.30. The maximum Gasteiger partial charge on any atom is 0.416 e. The summed E-state index contributed by atoms with van der Waals surface area (Å²) in [4.78, 5) is 16.2. The second kappa shape index (κ2) is 11.9. The first-order valence-corrected chi connectivity index (χ1v) is 15.2. The lowest BCUT2D eigenvalue weighted by molar-refractivity contribution is -0.137. The number of carbonyl (C=O) groups is 1. The first kappa shape index (κ1) is 30.7. The highest BCUT2D eigenvalue weighted by atomic mass is 32.2. The average molecular weight is 651 g/mol. The number of rotatable bonds is 7. The molecule has 0 bridgehead atoms. The minimum absolute atomic E-state index is 0.0898. The van der Waals surface area contributed by atoms with Crippen LogP contribution in [0.4, 0.5) is 27.6 Å². The third-order valence-corrected chi connectivity index (χ3v) is 8.68. The van der Waals surface area contributed by atoms with Crippen LogP contribution < -0.4 is 9.03 Å². The van der Waals surface area contributed by atoms with Gasteiger partial charge >= 0.3 is 16.4 Å². The minimum atomic E-state index is -4.45.